The quantitative estimate of drug-likeness (QED) is 0.146. The molecule has 0 amide bonds. The normalized spacial score (nSPS) is 52.8. The molecule has 0 aromatic heterocycles. The molecular formula is C39H68O14. The zero-order valence-electron chi connectivity index (χ0n) is 32.6. The van der Waals surface area contributed by atoms with Crippen molar-refractivity contribution in [1.29, 1.82) is 0 Å². The lowest BCUT2D eigenvalue weighted by Crippen LogP contribution is -2.75. The van der Waals surface area contributed by atoms with Crippen LogP contribution in [-0.2, 0) is 28.4 Å². The van der Waals surface area contributed by atoms with Crippen LogP contribution in [0, 0.1) is 46.3 Å². The Kier molecular flexibility index (Phi) is 12.7. The Morgan fingerprint density at radius 1 is 0.736 bits per heavy atom. The number of aliphatic hydroxyl groups excluding tert-OH is 7. The summed E-state index contributed by atoms with van der Waals surface area (Å²) in [5.74, 6) is -1.06. The second-order valence-corrected chi connectivity index (χ2v) is 18.3. The van der Waals surface area contributed by atoms with E-state index in [1.54, 1.807) is 0 Å². The van der Waals surface area contributed by atoms with E-state index in [4.69, 9.17) is 28.4 Å². The van der Waals surface area contributed by atoms with Crippen molar-refractivity contribution in [3.05, 3.63) is 0 Å². The number of hydrogen-bond acceptors (Lipinski definition) is 14. The van der Waals surface area contributed by atoms with E-state index in [0.717, 1.165) is 12.8 Å². The van der Waals surface area contributed by atoms with Crippen LogP contribution in [0.3, 0.4) is 0 Å². The molecule has 8 N–H and O–H groups in total. The number of rotatable bonds is 11. The fourth-order valence-corrected chi connectivity index (χ4v) is 12.3. The van der Waals surface area contributed by atoms with Crippen LogP contribution in [0.1, 0.15) is 86.0 Å². The van der Waals surface area contributed by atoms with Gasteiger partial charge in [0.05, 0.1) is 37.6 Å². The fraction of sp³-hybridized carbons (Fsp3) is 1.00. The summed E-state index contributed by atoms with van der Waals surface area (Å²) < 4.78 is 35.3. The Labute approximate surface area is 314 Å². The van der Waals surface area contributed by atoms with E-state index < -0.39 is 96.0 Å². The summed E-state index contributed by atoms with van der Waals surface area (Å²) in [6.07, 6.45) is -7.94. The van der Waals surface area contributed by atoms with Crippen LogP contribution in [0.2, 0.25) is 0 Å². The SMILES string of the molecule is COC1COC(OC2C(OC(CCC(C)C3CC(O)C4C3(C)CCC3C5(C)CCC(O)CC5C(O)C(O)C34O)C(C)C)OCC(O)C2OC)C(O)C1O. The summed E-state index contributed by atoms with van der Waals surface area (Å²) in [7, 11) is 2.86. The van der Waals surface area contributed by atoms with Crippen LogP contribution in [0.4, 0.5) is 0 Å². The second kappa shape index (κ2) is 16.0. The maximum Gasteiger partial charge on any atom is 0.186 e. The first kappa shape index (κ1) is 42.1. The summed E-state index contributed by atoms with van der Waals surface area (Å²) in [5.41, 5.74) is -2.62. The molecule has 4 saturated carbocycles. The Morgan fingerprint density at radius 2 is 1.42 bits per heavy atom. The minimum atomic E-state index is -1.66. The van der Waals surface area contributed by atoms with Crippen molar-refractivity contribution in [1.82, 2.24) is 0 Å². The molecule has 53 heavy (non-hydrogen) atoms. The highest BCUT2D eigenvalue weighted by molar-refractivity contribution is 5.23. The van der Waals surface area contributed by atoms with Gasteiger partial charge in [0.15, 0.2) is 12.6 Å². The third kappa shape index (κ3) is 7.17. The van der Waals surface area contributed by atoms with Crippen LogP contribution in [0.25, 0.3) is 0 Å². The molecule has 0 spiro atoms. The summed E-state index contributed by atoms with van der Waals surface area (Å²) >= 11 is 0. The van der Waals surface area contributed by atoms with Crippen LogP contribution in [0.15, 0.2) is 0 Å². The van der Waals surface area contributed by atoms with Crippen LogP contribution in [0.5, 0.6) is 0 Å². The maximum absolute atomic E-state index is 12.7. The molecule has 0 bridgehead atoms. The van der Waals surface area contributed by atoms with Gasteiger partial charge in [0, 0.05) is 20.1 Å². The predicted octanol–water partition coefficient (Wildman–Crippen LogP) is 0.702. The zero-order valence-corrected chi connectivity index (χ0v) is 32.6. The molecule has 6 fully saturated rings. The van der Waals surface area contributed by atoms with Crippen LogP contribution < -0.4 is 0 Å². The molecule has 6 aliphatic rings. The maximum atomic E-state index is 12.7. The highest BCUT2D eigenvalue weighted by atomic mass is 16.8. The van der Waals surface area contributed by atoms with Crippen molar-refractivity contribution in [2.24, 2.45) is 46.3 Å². The third-order valence-electron chi connectivity index (χ3n) is 15.2. The third-order valence-corrected chi connectivity index (χ3v) is 15.2. The number of fused-ring (bicyclic) bond motifs is 5. The van der Waals surface area contributed by atoms with Gasteiger partial charge in [0.2, 0.25) is 0 Å². The average Bonchev–Trinajstić information content (AvgIpc) is 3.40. The molecule has 2 aliphatic heterocycles. The predicted molar refractivity (Wildman–Crippen MR) is 189 cm³/mol. The van der Waals surface area contributed by atoms with E-state index in [9.17, 15) is 40.9 Å². The second-order valence-electron chi connectivity index (χ2n) is 18.3. The molecule has 6 rings (SSSR count). The summed E-state index contributed by atoms with van der Waals surface area (Å²) in [5, 5.41) is 90.1. The van der Waals surface area contributed by atoms with Gasteiger partial charge in [0.25, 0.3) is 0 Å². The molecule has 14 nitrogen and oxygen atoms in total. The molecule has 4 aliphatic carbocycles. The van der Waals surface area contributed by atoms with Crippen LogP contribution in [-0.4, -0.2) is 154 Å². The molecule has 0 aromatic carbocycles. The monoisotopic (exact) mass is 760 g/mol. The average molecular weight is 761 g/mol. The van der Waals surface area contributed by atoms with Crippen molar-refractivity contribution in [3.63, 3.8) is 0 Å². The van der Waals surface area contributed by atoms with Gasteiger partial charge in [-0.2, -0.15) is 0 Å². The number of hydrogen-bond donors (Lipinski definition) is 8. The molecular weight excluding hydrogens is 692 g/mol. The number of ether oxygens (including phenoxy) is 6. The Balaban J connectivity index is 1.15. The largest absolute Gasteiger partial charge is 0.393 e. The molecule has 21 atom stereocenters. The Bertz CT molecular complexity index is 1230. The zero-order chi connectivity index (χ0) is 38.8. The first-order chi connectivity index (χ1) is 24.9. The summed E-state index contributed by atoms with van der Waals surface area (Å²) in [4.78, 5) is 0. The molecule has 0 radical (unpaired) electrons. The first-order valence-electron chi connectivity index (χ1n) is 20.0. The van der Waals surface area contributed by atoms with Gasteiger partial charge < -0.3 is 69.3 Å². The van der Waals surface area contributed by atoms with Crippen molar-refractivity contribution in [2.75, 3.05) is 27.4 Å². The van der Waals surface area contributed by atoms with E-state index >= 15 is 0 Å². The fourth-order valence-electron chi connectivity index (χ4n) is 12.3. The minimum absolute atomic E-state index is 0.0115. The standard InChI is InChI=1S/C39H68O14/c1-18(2)25(52-36-32(31(49-7)24(42)16-50-36)53-35-30(45)29(44)26(48-6)17-51-35)9-8-19(3)21-15-23(41)33-38(21,5)13-11-27-37(4)12-10-20(40)14-22(37)28(43)34(46)39(27,33)47/h18-36,40-47H,8-17H2,1-7H3. The van der Waals surface area contributed by atoms with Crippen molar-refractivity contribution in [3.8, 4) is 0 Å². The molecule has 2 saturated heterocycles. The van der Waals surface area contributed by atoms with E-state index in [2.05, 4.69) is 20.8 Å². The lowest BCUT2D eigenvalue weighted by atomic mass is 9.41. The van der Waals surface area contributed by atoms with Gasteiger partial charge in [0.1, 0.15) is 48.3 Å². The summed E-state index contributed by atoms with van der Waals surface area (Å²) in [6, 6.07) is 0. The lowest BCUT2D eigenvalue weighted by molar-refractivity contribution is -0.352. The number of aliphatic hydroxyl groups is 8. The van der Waals surface area contributed by atoms with E-state index in [1.165, 1.54) is 14.2 Å². The topological polar surface area (TPSA) is 217 Å². The van der Waals surface area contributed by atoms with Gasteiger partial charge in [-0.3, -0.25) is 0 Å². The van der Waals surface area contributed by atoms with Gasteiger partial charge >= 0.3 is 0 Å². The highest BCUT2D eigenvalue weighted by Gasteiger charge is 2.73. The van der Waals surface area contributed by atoms with E-state index in [1.807, 2.05) is 13.8 Å². The molecule has 308 valence electrons. The van der Waals surface area contributed by atoms with E-state index in [0.29, 0.717) is 38.5 Å². The van der Waals surface area contributed by atoms with Crippen molar-refractivity contribution >= 4 is 0 Å². The van der Waals surface area contributed by atoms with Gasteiger partial charge in [-0.15, -0.1) is 0 Å². The Morgan fingerprint density at radius 3 is 2.08 bits per heavy atom. The highest BCUT2D eigenvalue weighted by Crippen LogP contribution is 2.69. The van der Waals surface area contributed by atoms with Gasteiger partial charge in [-0.1, -0.05) is 34.6 Å². The molecule has 0 aromatic rings. The minimum Gasteiger partial charge on any atom is -0.393 e. The van der Waals surface area contributed by atoms with Crippen molar-refractivity contribution in [2.45, 2.75) is 171 Å². The summed E-state index contributed by atoms with van der Waals surface area (Å²) in [6.45, 7) is 10.4. The first-order valence-corrected chi connectivity index (χ1v) is 20.0. The lowest BCUT2D eigenvalue weighted by Gasteiger charge is -2.67. The van der Waals surface area contributed by atoms with Crippen molar-refractivity contribution < 1.29 is 69.3 Å². The molecule has 14 heteroatoms. The molecule has 21 unspecified atom stereocenters. The number of methoxy groups -OCH3 is 2. The van der Waals surface area contributed by atoms with Crippen LogP contribution >= 0.6 is 0 Å². The Hall–Kier alpha value is -0.560. The van der Waals surface area contributed by atoms with Gasteiger partial charge in [-0.05, 0) is 91.8 Å². The molecule has 2 heterocycles. The van der Waals surface area contributed by atoms with E-state index in [-0.39, 0.29) is 48.9 Å². The smallest absolute Gasteiger partial charge is 0.186 e. The van der Waals surface area contributed by atoms with Gasteiger partial charge in [-0.25, -0.2) is 0 Å².